The number of nitrogens with one attached hydrogen (secondary N) is 2. The summed E-state index contributed by atoms with van der Waals surface area (Å²) in [6, 6.07) is 0.730. The third-order valence-electron chi connectivity index (χ3n) is 5.54. The summed E-state index contributed by atoms with van der Waals surface area (Å²) in [5.41, 5.74) is -0.256. The summed E-state index contributed by atoms with van der Waals surface area (Å²) in [7, 11) is 0. The lowest BCUT2D eigenvalue weighted by molar-refractivity contribution is -0.126. The smallest absolute Gasteiger partial charge is 0.241 e. The molecule has 128 valence electrons. The number of unbranched alkanes of at least 4 members (excludes halogenated alkanes) is 4. The Morgan fingerprint density at radius 2 is 1.77 bits per heavy atom. The first-order valence-corrected chi connectivity index (χ1v) is 9.49. The van der Waals surface area contributed by atoms with Gasteiger partial charge in [0, 0.05) is 19.1 Å². The van der Waals surface area contributed by atoms with Crippen LogP contribution in [0.3, 0.4) is 0 Å². The molecule has 2 saturated heterocycles. The minimum absolute atomic E-state index is 0.221. The van der Waals surface area contributed by atoms with E-state index in [0.29, 0.717) is 6.67 Å². The maximum Gasteiger partial charge on any atom is 0.241 e. The summed E-state index contributed by atoms with van der Waals surface area (Å²) in [4.78, 5) is 14.7. The number of nitrogens with zero attached hydrogens (tertiary/aromatic N) is 1. The van der Waals surface area contributed by atoms with Crippen LogP contribution in [-0.4, -0.2) is 42.1 Å². The summed E-state index contributed by atoms with van der Waals surface area (Å²) in [5, 5.41) is 6.33. The third-order valence-corrected chi connectivity index (χ3v) is 5.54. The van der Waals surface area contributed by atoms with Crippen LogP contribution in [0.15, 0.2) is 0 Å². The van der Waals surface area contributed by atoms with Crippen molar-refractivity contribution in [1.82, 2.24) is 15.5 Å². The zero-order valence-corrected chi connectivity index (χ0v) is 14.6. The van der Waals surface area contributed by atoms with Crippen molar-refractivity contribution in [3.05, 3.63) is 0 Å². The largest absolute Gasteiger partial charge is 0.342 e. The van der Waals surface area contributed by atoms with E-state index < -0.39 is 0 Å². The molecule has 1 spiro atoms. The lowest BCUT2D eigenvalue weighted by Crippen LogP contribution is -2.56. The Bertz CT molecular complexity index is 337. The van der Waals surface area contributed by atoms with Gasteiger partial charge in [-0.15, -0.1) is 0 Å². The molecule has 0 aromatic rings. The fourth-order valence-electron chi connectivity index (χ4n) is 4.04. The number of amides is 1. The van der Waals surface area contributed by atoms with Gasteiger partial charge in [-0.25, -0.2) is 0 Å². The molecule has 0 aromatic heterocycles. The lowest BCUT2D eigenvalue weighted by Gasteiger charge is -2.41. The van der Waals surface area contributed by atoms with Crippen LogP contribution >= 0.6 is 0 Å². The monoisotopic (exact) mass is 309 g/mol. The molecule has 4 heteroatoms. The average Bonchev–Trinajstić information content (AvgIpc) is 2.88. The lowest BCUT2D eigenvalue weighted by atomic mass is 9.86. The van der Waals surface area contributed by atoms with Crippen LogP contribution in [0.5, 0.6) is 0 Å². The normalized spacial score (nSPS) is 22.9. The van der Waals surface area contributed by atoms with Gasteiger partial charge in [-0.2, -0.15) is 0 Å². The second kappa shape index (κ2) is 8.88. The van der Waals surface area contributed by atoms with E-state index in [0.717, 1.165) is 32.0 Å². The van der Waals surface area contributed by atoms with Crippen LogP contribution in [0.1, 0.15) is 78.1 Å². The van der Waals surface area contributed by atoms with E-state index >= 15 is 0 Å². The first-order valence-electron chi connectivity index (χ1n) is 9.49. The molecule has 0 radical (unpaired) electrons. The van der Waals surface area contributed by atoms with E-state index in [1.807, 2.05) is 0 Å². The first kappa shape index (κ1) is 17.7. The number of hydrogen-bond donors (Lipinski definition) is 2. The zero-order valence-electron chi connectivity index (χ0n) is 14.6. The van der Waals surface area contributed by atoms with Gasteiger partial charge in [-0.1, -0.05) is 52.4 Å². The average molecular weight is 309 g/mol. The standard InChI is InChI=1S/C18H35N3O/c1-3-5-6-7-8-10-16(9-4-2)21-13-11-18(12-14-21)17(22)19-15-20-18/h16,20H,3-15H2,1-2H3,(H,19,22). The molecule has 0 saturated carbocycles. The highest BCUT2D eigenvalue weighted by Crippen LogP contribution is 2.28. The molecule has 22 heavy (non-hydrogen) atoms. The molecule has 2 aliphatic rings. The van der Waals surface area contributed by atoms with Gasteiger partial charge < -0.3 is 10.2 Å². The molecule has 0 bridgehead atoms. The minimum atomic E-state index is -0.256. The Morgan fingerprint density at radius 1 is 1.05 bits per heavy atom. The molecule has 1 atom stereocenters. The van der Waals surface area contributed by atoms with E-state index in [9.17, 15) is 4.79 Å². The van der Waals surface area contributed by atoms with E-state index in [-0.39, 0.29) is 11.4 Å². The number of carbonyl (C=O) groups excluding carboxylic acids is 1. The Kier molecular flexibility index (Phi) is 7.16. The van der Waals surface area contributed by atoms with Gasteiger partial charge in [0.15, 0.2) is 0 Å². The van der Waals surface area contributed by atoms with Crippen molar-refractivity contribution in [2.45, 2.75) is 89.6 Å². The van der Waals surface area contributed by atoms with E-state index in [4.69, 9.17) is 0 Å². The van der Waals surface area contributed by atoms with Gasteiger partial charge in [-0.05, 0) is 25.7 Å². The van der Waals surface area contributed by atoms with Gasteiger partial charge in [-0.3, -0.25) is 10.1 Å². The van der Waals surface area contributed by atoms with Crippen molar-refractivity contribution in [3.63, 3.8) is 0 Å². The Hall–Kier alpha value is -0.610. The predicted octanol–water partition coefficient (Wildman–Crippen LogP) is 3.03. The molecule has 1 amide bonds. The fourth-order valence-corrected chi connectivity index (χ4v) is 4.04. The van der Waals surface area contributed by atoms with Gasteiger partial charge in [0.05, 0.1) is 6.67 Å². The third kappa shape index (κ3) is 4.45. The van der Waals surface area contributed by atoms with Crippen molar-refractivity contribution in [3.8, 4) is 0 Å². The number of carbonyl (C=O) groups is 1. The Morgan fingerprint density at radius 3 is 2.36 bits per heavy atom. The number of likely N-dealkylation sites (tertiary alicyclic amines) is 1. The van der Waals surface area contributed by atoms with Crippen molar-refractivity contribution in [2.24, 2.45) is 0 Å². The first-order chi connectivity index (χ1) is 10.7. The molecule has 4 nitrogen and oxygen atoms in total. The Balaban J connectivity index is 1.76. The Labute approximate surface area is 136 Å². The minimum Gasteiger partial charge on any atom is -0.342 e. The van der Waals surface area contributed by atoms with Gasteiger partial charge >= 0.3 is 0 Å². The summed E-state index contributed by atoms with van der Waals surface area (Å²) in [6.07, 6.45) is 12.7. The zero-order chi connectivity index (χ0) is 15.8. The highest BCUT2D eigenvalue weighted by Gasteiger charge is 2.44. The molecule has 2 fully saturated rings. The topological polar surface area (TPSA) is 44.4 Å². The summed E-state index contributed by atoms with van der Waals surface area (Å²) < 4.78 is 0. The summed E-state index contributed by atoms with van der Waals surface area (Å²) >= 11 is 0. The van der Waals surface area contributed by atoms with E-state index in [2.05, 4.69) is 29.4 Å². The van der Waals surface area contributed by atoms with Gasteiger partial charge in [0.1, 0.15) is 5.54 Å². The van der Waals surface area contributed by atoms with Gasteiger partial charge in [0.2, 0.25) is 5.91 Å². The molecular formula is C18H35N3O. The SMILES string of the molecule is CCCCCCCC(CCC)N1CCC2(CC1)NCNC2=O. The van der Waals surface area contributed by atoms with Crippen molar-refractivity contribution < 1.29 is 4.79 Å². The molecule has 1 unspecified atom stereocenters. The molecule has 0 aromatic carbocycles. The highest BCUT2D eigenvalue weighted by molar-refractivity contribution is 5.88. The van der Waals surface area contributed by atoms with Crippen LogP contribution in [0.25, 0.3) is 0 Å². The van der Waals surface area contributed by atoms with E-state index in [1.54, 1.807) is 0 Å². The summed E-state index contributed by atoms with van der Waals surface area (Å²) in [5.74, 6) is 0.221. The number of rotatable bonds is 9. The fraction of sp³-hybridized carbons (Fsp3) is 0.944. The van der Waals surface area contributed by atoms with Crippen LogP contribution in [0.2, 0.25) is 0 Å². The molecule has 0 aliphatic carbocycles. The van der Waals surface area contributed by atoms with Crippen LogP contribution in [0, 0.1) is 0 Å². The summed E-state index contributed by atoms with van der Waals surface area (Å²) in [6.45, 7) is 7.35. The van der Waals surface area contributed by atoms with Crippen molar-refractivity contribution in [2.75, 3.05) is 19.8 Å². The van der Waals surface area contributed by atoms with E-state index in [1.165, 1.54) is 51.4 Å². The second-order valence-corrected chi connectivity index (χ2v) is 7.12. The molecule has 2 heterocycles. The van der Waals surface area contributed by atoms with Crippen LogP contribution < -0.4 is 10.6 Å². The van der Waals surface area contributed by atoms with Crippen LogP contribution in [0.4, 0.5) is 0 Å². The predicted molar refractivity (Wildman–Crippen MR) is 91.8 cm³/mol. The van der Waals surface area contributed by atoms with Gasteiger partial charge in [0.25, 0.3) is 0 Å². The van der Waals surface area contributed by atoms with Crippen molar-refractivity contribution >= 4 is 5.91 Å². The molecule has 2 N–H and O–H groups in total. The maximum atomic E-state index is 12.0. The highest BCUT2D eigenvalue weighted by atomic mass is 16.2. The quantitative estimate of drug-likeness (QED) is 0.644. The molecule has 2 rings (SSSR count). The molecular weight excluding hydrogens is 274 g/mol. The number of hydrogen-bond acceptors (Lipinski definition) is 3. The number of piperidine rings is 1. The van der Waals surface area contributed by atoms with Crippen LogP contribution in [-0.2, 0) is 4.79 Å². The maximum absolute atomic E-state index is 12.0. The second-order valence-electron chi connectivity index (χ2n) is 7.12. The van der Waals surface area contributed by atoms with Crippen molar-refractivity contribution in [1.29, 1.82) is 0 Å². The molecule has 2 aliphatic heterocycles.